The largest absolute Gasteiger partial charge is 0.493 e. The maximum absolute atomic E-state index is 12.2. The van der Waals surface area contributed by atoms with E-state index in [0.29, 0.717) is 13.1 Å². The van der Waals surface area contributed by atoms with Crippen molar-refractivity contribution in [2.24, 2.45) is 0 Å². The first-order valence-corrected chi connectivity index (χ1v) is 10.2. The number of hydrogen-bond donors (Lipinski definition) is 2. The van der Waals surface area contributed by atoms with Gasteiger partial charge in [0, 0.05) is 19.5 Å². The molecule has 0 saturated heterocycles. The summed E-state index contributed by atoms with van der Waals surface area (Å²) in [5.74, 6) is -0.192. The molecule has 1 aliphatic heterocycles. The Kier molecular flexibility index (Phi) is 7.09. The molecule has 0 saturated carbocycles. The molecule has 6 heteroatoms. The molecule has 2 aliphatic rings. The number of ether oxygens (including phenoxy) is 1. The Morgan fingerprint density at radius 3 is 2.71 bits per heavy atom. The average molecular weight is 386 g/mol. The van der Waals surface area contributed by atoms with E-state index in [1.165, 1.54) is 24.0 Å². The van der Waals surface area contributed by atoms with Gasteiger partial charge in [-0.25, -0.2) is 0 Å². The lowest BCUT2D eigenvalue weighted by Crippen LogP contribution is -2.43. The van der Waals surface area contributed by atoms with Gasteiger partial charge in [-0.15, -0.1) is 0 Å². The molecule has 6 nitrogen and oxygen atoms in total. The van der Waals surface area contributed by atoms with Crippen LogP contribution < -0.4 is 15.4 Å². The Morgan fingerprint density at radius 1 is 1.14 bits per heavy atom. The minimum atomic E-state index is -0.575. The third kappa shape index (κ3) is 5.35. The van der Waals surface area contributed by atoms with Crippen molar-refractivity contribution in [2.75, 3.05) is 33.8 Å². The molecule has 3 rings (SSSR count). The Labute approximate surface area is 167 Å². The molecule has 1 aromatic rings. The van der Waals surface area contributed by atoms with E-state index in [0.717, 1.165) is 43.6 Å². The molecule has 0 aromatic heterocycles. The van der Waals surface area contributed by atoms with E-state index >= 15 is 0 Å². The molecule has 2 amide bonds. The highest BCUT2D eigenvalue weighted by atomic mass is 16.5. The summed E-state index contributed by atoms with van der Waals surface area (Å²) in [7, 11) is 3.94. The van der Waals surface area contributed by atoms with Crippen LogP contribution in [0.2, 0.25) is 0 Å². The van der Waals surface area contributed by atoms with Crippen LogP contribution in [0.3, 0.4) is 0 Å². The molecule has 0 fully saturated rings. The average Bonchev–Trinajstić information content (AvgIpc) is 3.16. The number of amides is 2. The summed E-state index contributed by atoms with van der Waals surface area (Å²) in [5.41, 5.74) is 3.70. The van der Waals surface area contributed by atoms with Crippen molar-refractivity contribution in [2.45, 2.75) is 44.6 Å². The van der Waals surface area contributed by atoms with Gasteiger partial charge in [-0.05, 0) is 63.4 Å². The third-order valence-electron chi connectivity index (χ3n) is 5.50. The van der Waals surface area contributed by atoms with Crippen molar-refractivity contribution in [3.8, 4) is 5.75 Å². The summed E-state index contributed by atoms with van der Waals surface area (Å²) in [6, 6.07) is 6.15. The van der Waals surface area contributed by atoms with E-state index in [-0.39, 0.29) is 6.04 Å². The number of benzene rings is 1. The van der Waals surface area contributed by atoms with Crippen LogP contribution in [0, 0.1) is 0 Å². The molecule has 0 bridgehead atoms. The van der Waals surface area contributed by atoms with Crippen LogP contribution in [0.4, 0.5) is 0 Å². The highest BCUT2D eigenvalue weighted by molar-refractivity contribution is 6.35. The summed E-state index contributed by atoms with van der Waals surface area (Å²) in [5, 5.41) is 5.51. The normalized spacial score (nSPS) is 16.8. The number of hydrogen-bond acceptors (Lipinski definition) is 4. The SMILES string of the molecule is CN(C)[C@@H](CNC(=O)C(=O)NCCC1=CCCCC1)c1ccc2c(c1)CCO2. The number of rotatable bonds is 7. The highest BCUT2D eigenvalue weighted by Gasteiger charge is 2.21. The minimum Gasteiger partial charge on any atom is -0.493 e. The Bertz CT molecular complexity index is 743. The molecule has 1 aromatic carbocycles. The van der Waals surface area contributed by atoms with Crippen LogP contribution in [-0.4, -0.2) is 50.5 Å². The third-order valence-corrected chi connectivity index (χ3v) is 5.50. The van der Waals surface area contributed by atoms with Crippen LogP contribution in [0.15, 0.2) is 29.8 Å². The van der Waals surface area contributed by atoms with Crippen LogP contribution in [0.1, 0.15) is 49.3 Å². The molecule has 0 radical (unpaired) electrons. The molecule has 28 heavy (non-hydrogen) atoms. The minimum absolute atomic E-state index is 0.00459. The summed E-state index contributed by atoms with van der Waals surface area (Å²) < 4.78 is 5.56. The van der Waals surface area contributed by atoms with Crippen molar-refractivity contribution in [1.82, 2.24) is 15.5 Å². The summed E-state index contributed by atoms with van der Waals surface area (Å²) in [6.45, 7) is 1.61. The topological polar surface area (TPSA) is 70.7 Å². The molecule has 152 valence electrons. The molecule has 1 heterocycles. The lowest BCUT2D eigenvalue weighted by Gasteiger charge is -2.25. The molecular weight excluding hydrogens is 354 g/mol. The van der Waals surface area contributed by atoms with E-state index in [2.05, 4.69) is 22.8 Å². The van der Waals surface area contributed by atoms with Crippen LogP contribution in [0.25, 0.3) is 0 Å². The van der Waals surface area contributed by atoms with Gasteiger partial charge in [-0.3, -0.25) is 9.59 Å². The monoisotopic (exact) mass is 385 g/mol. The Morgan fingerprint density at radius 2 is 1.96 bits per heavy atom. The van der Waals surface area contributed by atoms with E-state index in [1.54, 1.807) is 0 Å². The zero-order valence-electron chi connectivity index (χ0n) is 16.9. The first-order chi connectivity index (χ1) is 13.5. The number of carbonyl (C=O) groups excluding carboxylic acids is 2. The second-order valence-electron chi connectivity index (χ2n) is 7.77. The number of fused-ring (bicyclic) bond motifs is 1. The maximum atomic E-state index is 12.2. The summed E-state index contributed by atoms with van der Waals surface area (Å²) in [6.07, 6.45) is 8.72. The van der Waals surface area contributed by atoms with E-state index in [4.69, 9.17) is 4.74 Å². The predicted molar refractivity (Wildman–Crippen MR) is 109 cm³/mol. The number of allylic oxidation sites excluding steroid dienone is 1. The predicted octanol–water partition coefficient (Wildman–Crippen LogP) is 2.35. The fraction of sp³-hybridized carbons (Fsp3) is 0.545. The van der Waals surface area contributed by atoms with Crippen molar-refractivity contribution in [3.63, 3.8) is 0 Å². The van der Waals surface area contributed by atoms with Gasteiger partial charge < -0.3 is 20.3 Å². The molecule has 1 atom stereocenters. The number of carbonyl (C=O) groups is 2. The van der Waals surface area contributed by atoms with Gasteiger partial charge >= 0.3 is 11.8 Å². The second-order valence-corrected chi connectivity index (χ2v) is 7.77. The number of nitrogens with zero attached hydrogens (tertiary/aromatic N) is 1. The van der Waals surface area contributed by atoms with E-state index in [9.17, 15) is 9.59 Å². The summed E-state index contributed by atoms with van der Waals surface area (Å²) >= 11 is 0. The highest BCUT2D eigenvalue weighted by Crippen LogP contribution is 2.29. The molecule has 0 unspecified atom stereocenters. The van der Waals surface area contributed by atoms with Gasteiger partial charge in [-0.1, -0.05) is 23.8 Å². The fourth-order valence-corrected chi connectivity index (χ4v) is 3.83. The van der Waals surface area contributed by atoms with Gasteiger partial charge in [0.1, 0.15) is 5.75 Å². The number of likely N-dealkylation sites (N-methyl/N-ethyl adjacent to an activating group) is 1. The van der Waals surface area contributed by atoms with Gasteiger partial charge in [-0.2, -0.15) is 0 Å². The standard InChI is InChI=1S/C22H31N3O3/c1-25(2)19(17-8-9-20-18(14-17)11-13-28-20)15-24-22(27)21(26)23-12-10-16-6-4-3-5-7-16/h6,8-9,14,19H,3-5,7,10-13,15H2,1-2H3,(H,23,26)(H,24,27)/t19-/m0/s1. The lowest BCUT2D eigenvalue weighted by molar-refractivity contribution is -0.139. The van der Waals surface area contributed by atoms with Gasteiger partial charge in [0.05, 0.1) is 12.6 Å². The molecule has 2 N–H and O–H groups in total. The molecule has 0 spiro atoms. The molecular formula is C22H31N3O3. The molecule has 1 aliphatic carbocycles. The Balaban J connectivity index is 1.48. The first kappa shape index (κ1) is 20.4. The van der Waals surface area contributed by atoms with Gasteiger partial charge in [0.25, 0.3) is 0 Å². The zero-order chi connectivity index (χ0) is 19.9. The second kappa shape index (κ2) is 9.73. The van der Waals surface area contributed by atoms with Crippen LogP contribution >= 0.6 is 0 Å². The summed E-state index contributed by atoms with van der Waals surface area (Å²) in [4.78, 5) is 26.3. The maximum Gasteiger partial charge on any atom is 0.309 e. The van der Waals surface area contributed by atoms with E-state index < -0.39 is 11.8 Å². The zero-order valence-corrected chi connectivity index (χ0v) is 16.9. The smallest absolute Gasteiger partial charge is 0.309 e. The number of nitrogens with one attached hydrogen (secondary N) is 2. The van der Waals surface area contributed by atoms with E-state index in [1.807, 2.05) is 31.1 Å². The van der Waals surface area contributed by atoms with Crippen molar-refractivity contribution < 1.29 is 14.3 Å². The van der Waals surface area contributed by atoms with Crippen molar-refractivity contribution in [1.29, 1.82) is 0 Å². The first-order valence-electron chi connectivity index (χ1n) is 10.2. The van der Waals surface area contributed by atoms with Gasteiger partial charge in [0.15, 0.2) is 0 Å². The van der Waals surface area contributed by atoms with Crippen LogP contribution in [0.5, 0.6) is 5.75 Å². The Hall–Kier alpha value is -2.34. The van der Waals surface area contributed by atoms with Gasteiger partial charge in [0.2, 0.25) is 0 Å². The van der Waals surface area contributed by atoms with Crippen molar-refractivity contribution >= 4 is 11.8 Å². The quantitative estimate of drug-likeness (QED) is 0.558. The fourth-order valence-electron chi connectivity index (χ4n) is 3.83. The van der Waals surface area contributed by atoms with Crippen LogP contribution in [-0.2, 0) is 16.0 Å². The lowest BCUT2D eigenvalue weighted by atomic mass is 9.97. The van der Waals surface area contributed by atoms with Crippen molar-refractivity contribution in [3.05, 3.63) is 41.0 Å².